The lowest BCUT2D eigenvalue weighted by Crippen LogP contribution is -2.03. The molecule has 0 aromatic rings. The van der Waals surface area contributed by atoms with Gasteiger partial charge in [0.05, 0.1) is 0 Å². The highest BCUT2D eigenvalue weighted by atomic mass is 32.2. The lowest BCUT2D eigenvalue weighted by molar-refractivity contribution is 0.639. The van der Waals surface area contributed by atoms with E-state index in [1.807, 2.05) is 0 Å². The number of hydrogen-bond acceptors (Lipinski definition) is 4. The molecule has 0 aromatic heterocycles. The van der Waals surface area contributed by atoms with Crippen molar-refractivity contribution in [3.05, 3.63) is 0 Å². The first kappa shape index (κ1) is 13.7. The van der Waals surface area contributed by atoms with Crippen molar-refractivity contribution in [3.63, 3.8) is 0 Å². The zero-order valence-corrected chi connectivity index (χ0v) is 10.2. The minimum Gasteiger partial charge on any atom is -0.185 e. The molecular weight excluding hydrogens is 212 g/mol. The molecular formula is C10H16N2S2. The van der Waals surface area contributed by atoms with Gasteiger partial charge in [0.15, 0.2) is 0 Å². The minimum absolute atomic E-state index is 0.424. The molecule has 0 aliphatic carbocycles. The molecule has 4 heteroatoms. The summed E-state index contributed by atoms with van der Waals surface area (Å²) in [5.41, 5.74) is 0. The molecule has 1 atom stereocenters. The third-order valence-electron chi connectivity index (χ3n) is 1.96. The standard InChI is InChI=1S/C10H16N2S2/c1-2-3-4-5-10(14-9-12)6-7-13-8-11/h10H,2-7H2,1H3. The number of nitrogens with zero attached hydrogens (tertiary/aromatic N) is 2. The molecule has 0 rings (SSSR count). The maximum Gasteiger partial charge on any atom is 0.133 e. The topological polar surface area (TPSA) is 47.6 Å². The lowest BCUT2D eigenvalue weighted by Gasteiger charge is -2.10. The first-order valence-corrected chi connectivity index (χ1v) is 6.77. The van der Waals surface area contributed by atoms with E-state index in [-0.39, 0.29) is 0 Å². The summed E-state index contributed by atoms with van der Waals surface area (Å²) in [4.78, 5) is 0. The molecule has 1 unspecified atom stereocenters. The largest absolute Gasteiger partial charge is 0.185 e. The van der Waals surface area contributed by atoms with Crippen LogP contribution in [0.5, 0.6) is 0 Å². The molecule has 0 aliphatic rings. The summed E-state index contributed by atoms with van der Waals surface area (Å²) < 4.78 is 0. The van der Waals surface area contributed by atoms with E-state index in [1.54, 1.807) is 0 Å². The Morgan fingerprint density at radius 3 is 2.50 bits per heavy atom. The molecule has 0 amide bonds. The number of unbranched alkanes of at least 4 members (excludes halogenated alkanes) is 2. The Labute approximate surface area is 95.1 Å². The summed E-state index contributed by atoms with van der Waals surface area (Å²) in [5.74, 6) is 0.849. The SMILES string of the molecule is CCCCCC(CCSC#N)SC#N. The smallest absolute Gasteiger partial charge is 0.133 e. The van der Waals surface area contributed by atoms with Crippen LogP contribution in [0.2, 0.25) is 0 Å². The van der Waals surface area contributed by atoms with Crippen molar-refractivity contribution >= 4 is 23.5 Å². The van der Waals surface area contributed by atoms with E-state index in [0.29, 0.717) is 5.25 Å². The van der Waals surface area contributed by atoms with Gasteiger partial charge in [-0.3, -0.25) is 0 Å². The van der Waals surface area contributed by atoms with Gasteiger partial charge in [0.25, 0.3) is 0 Å². The molecule has 0 spiro atoms. The van der Waals surface area contributed by atoms with Crippen molar-refractivity contribution in [2.75, 3.05) is 5.75 Å². The van der Waals surface area contributed by atoms with E-state index in [2.05, 4.69) is 17.7 Å². The maximum atomic E-state index is 8.59. The van der Waals surface area contributed by atoms with Gasteiger partial charge in [0.1, 0.15) is 10.8 Å². The van der Waals surface area contributed by atoms with E-state index in [9.17, 15) is 0 Å². The quantitative estimate of drug-likeness (QED) is 0.469. The van der Waals surface area contributed by atoms with Crippen LogP contribution in [0.1, 0.15) is 39.0 Å². The van der Waals surface area contributed by atoms with E-state index < -0.39 is 0 Å². The Balaban J connectivity index is 3.57. The van der Waals surface area contributed by atoms with Gasteiger partial charge in [-0.2, -0.15) is 10.5 Å². The third-order valence-corrected chi connectivity index (χ3v) is 3.43. The highest BCUT2D eigenvalue weighted by Gasteiger charge is 2.08. The number of rotatable bonds is 8. The average Bonchev–Trinajstić information content (AvgIpc) is 2.18. The monoisotopic (exact) mass is 228 g/mol. The molecule has 0 saturated heterocycles. The molecule has 0 saturated carbocycles. The van der Waals surface area contributed by atoms with E-state index in [0.717, 1.165) is 18.6 Å². The van der Waals surface area contributed by atoms with Crippen molar-refractivity contribution in [1.29, 1.82) is 10.5 Å². The van der Waals surface area contributed by atoms with Crippen LogP contribution >= 0.6 is 23.5 Å². The molecule has 0 heterocycles. The molecule has 0 aromatic carbocycles. The normalized spacial score (nSPS) is 11.6. The first-order chi connectivity index (χ1) is 6.85. The zero-order chi connectivity index (χ0) is 10.6. The molecule has 14 heavy (non-hydrogen) atoms. The average molecular weight is 228 g/mol. The van der Waals surface area contributed by atoms with Gasteiger partial charge in [-0.15, -0.1) is 0 Å². The number of thioether (sulfide) groups is 2. The summed E-state index contributed by atoms with van der Waals surface area (Å²) in [6, 6.07) is 0. The number of thiocyanates is 2. The van der Waals surface area contributed by atoms with Crippen LogP contribution in [0, 0.1) is 21.3 Å². The van der Waals surface area contributed by atoms with Crippen LogP contribution in [-0.2, 0) is 0 Å². The second kappa shape index (κ2) is 10.8. The predicted molar refractivity (Wildman–Crippen MR) is 63.8 cm³/mol. The number of nitriles is 2. The van der Waals surface area contributed by atoms with Crippen molar-refractivity contribution in [3.8, 4) is 10.8 Å². The second-order valence-corrected chi connectivity index (χ2v) is 5.02. The summed E-state index contributed by atoms with van der Waals surface area (Å²) in [5, 5.41) is 21.6. The highest BCUT2D eigenvalue weighted by Crippen LogP contribution is 2.21. The Bertz CT molecular complexity index is 205. The summed E-state index contributed by atoms with van der Waals surface area (Å²) >= 11 is 2.64. The Morgan fingerprint density at radius 2 is 1.93 bits per heavy atom. The van der Waals surface area contributed by atoms with Gasteiger partial charge in [0, 0.05) is 11.0 Å². The summed E-state index contributed by atoms with van der Waals surface area (Å²) in [6.45, 7) is 2.18. The lowest BCUT2D eigenvalue weighted by atomic mass is 10.1. The molecule has 78 valence electrons. The third kappa shape index (κ3) is 8.29. The minimum atomic E-state index is 0.424. The molecule has 0 N–H and O–H groups in total. The fourth-order valence-corrected chi connectivity index (χ4v) is 2.51. The number of hydrogen-bond donors (Lipinski definition) is 0. The van der Waals surface area contributed by atoms with Crippen LogP contribution in [0.3, 0.4) is 0 Å². The van der Waals surface area contributed by atoms with E-state index in [4.69, 9.17) is 10.5 Å². The first-order valence-electron chi connectivity index (χ1n) is 4.90. The summed E-state index contributed by atoms with van der Waals surface area (Å²) in [7, 11) is 0. The molecule has 0 radical (unpaired) electrons. The van der Waals surface area contributed by atoms with Crippen LogP contribution in [-0.4, -0.2) is 11.0 Å². The van der Waals surface area contributed by atoms with E-state index in [1.165, 1.54) is 42.8 Å². The Hall–Kier alpha value is -0.320. The maximum absolute atomic E-state index is 8.59. The fraction of sp³-hybridized carbons (Fsp3) is 0.800. The van der Waals surface area contributed by atoms with Crippen LogP contribution in [0.25, 0.3) is 0 Å². The van der Waals surface area contributed by atoms with Crippen molar-refractivity contribution < 1.29 is 0 Å². The van der Waals surface area contributed by atoms with Crippen molar-refractivity contribution in [1.82, 2.24) is 0 Å². The van der Waals surface area contributed by atoms with Gasteiger partial charge in [-0.25, -0.2) is 0 Å². The molecule has 0 fully saturated rings. The highest BCUT2D eigenvalue weighted by molar-refractivity contribution is 8.04. The van der Waals surface area contributed by atoms with Crippen LogP contribution < -0.4 is 0 Å². The van der Waals surface area contributed by atoms with Gasteiger partial charge in [0.2, 0.25) is 0 Å². The van der Waals surface area contributed by atoms with Crippen molar-refractivity contribution in [2.24, 2.45) is 0 Å². The van der Waals surface area contributed by atoms with Gasteiger partial charge in [-0.1, -0.05) is 26.2 Å². The Kier molecular flexibility index (Phi) is 10.5. The summed E-state index contributed by atoms with van der Waals surface area (Å²) in [6.07, 6.45) is 5.75. The van der Waals surface area contributed by atoms with Gasteiger partial charge >= 0.3 is 0 Å². The Morgan fingerprint density at radius 1 is 1.14 bits per heavy atom. The molecule has 0 bridgehead atoms. The van der Waals surface area contributed by atoms with Crippen molar-refractivity contribution in [2.45, 2.75) is 44.3 Å². The van der Waals surface area contributed by atoms with Gasteiger partial charge < -0.3 is 0 Å². The van der Waals surface area contributed by atoms with Gasteiger partial charge in [-0.05, 0) is 36.4 Å². The molecule has 0 aliphatic heterocycles. The van der Waals surface area contributed by atoms with E-state index >= 15 is 0 Å². The molecule has 2 nitrogen and oxygen atoms in total. The van der Waals surface area contributed by atoms with Crippen LogP contribution in [0.15, 0.2) is 0 Å². The second-order valence-electron chi connectivity index (χ2n) is 3.06. The van der Waals surface area contributed by atoms with Crippen LogP contribution in [0.4, 0.5) is 0 Å². The zero-order valence-electron chi connectivity index (χ0n) is 8.53. The predicted octanol–water partition coefficient (Wildman–Crippen LogP) is 3.75. The fourth-order valence-electron chi connectivity index (χ4n) is 1.19.